The number of rotatable bonds is 13. The number of thiazole rings is 1. The van der Waals surface area contributed by atoms with Crippen LogP contribution in [0.4, 0.5) is 0 Å². The molecule has 1 unspecified atom stereocenters. The number of nitrogens with one attached hydrogen (secondary N) is 1. The summed E-state index contributed by atoms with van der Waals surface area (Å²) in [6.07, 6.45) is -0.692. The van der Waals surface area contributed by atoms with E-state index in [1.807, 2.05) is 45.9 Å². The van der Waals surface area contributed by atoms with E-state index < -0.39 is 24.1 Å². The number of amides is 2. The second kappa shape index (κ2) is 14.1. The monoisotopic (exact) mass is 599 g/mol. The van der Waals surface area contributed by atoms with Gasteiger partial charge in [-0.25, -0.2) is 4.98 Å². The van der Waals surface area contributed by atoms with E-state index in [1.165, 1.54) is 4.90 Å². The van der Waals surface area contributed by atoms with Crippen molar-refractivity contribution in [2.75, 3.05) is 26.9 Å². The van der Waals surface area contributed by atoms with Crippen LogP contribution >= 0.6 is 11.3 Å². The van der Waals surface area contributed by atoms with Crippen LogP contribution in [0.2, 0.25) is 0 Å². The lowest BCUT2D eigenvalue weighted by Crippen LogP contribution is -2.48. The number of aryl methyl sites for hydroxylation is 1. The predicted molar refractivity (Wildman–Crippen MR) is 157 cm³/mol. The highest BCUT2D eigenvalue weighted by Crippen LogP contribution is 2.35. The summed E-state index contributed by atoms with van der Waals surface area (Å²) in [5, 5.41) is 17.5. The molecule has 2 aromatic heterocycles. The first kappa shape index (κ1) is 31.5. The topological polar surface area (TPSA) is 136 Å². The number of nitrogens with zero attached hydrogens (tertiary/aromatic N) is 3. The van der Waals surface area contributed by atoms with Crippen LogP contribution in [-0.2, 0) is 14.3 Å². The SMILES string of the molecule is C[CH]OCCOc1cc(C(C(=O)N2C[C@H](O)C[C@H]2C(=O)N[C@@H](C)c2ccc(-c3scnc3C)cc2OC)C(C)C)on1. The minimum Gasteiger partial charge on any atom is -0.496 e. The van der Waals surface area contributed by atoms with Crippen LogP contribution in [0.1, 0.15) is 63.1 Å². The Morgan fingerprint density at radius 1 is 1.26 bits per heavy atom. The maximum Gasteiger partial charge on any atom is 0.254 e. The van der Waals surface area contributed by atoms with Gasteiger partial charge in [-0.3, -0.25) is 9.59 Å². The second-order valence-electron chi connectivity index (χ2n) is 10.6. The molecule has 1 aliphatic rings. The molecule has 0 aliphatic carbocycles. The van der Waals surface area contributed by atoms with E-state index >= 15 is 0 Å². The molecule has 1 fully saturated rings. The Morgan fingerprint density at radius 2 is 2.05 bits per heavy atom. The fourth-order valence-electron chi connectivity index (χ4n) is 5.20. The van der Waals surface area contributed by atoms with E-state index in [1.54, 1.807) is 43.6 Å². The van der Waals surface area contributed by atoms with Crippen LogP contribution in [0.25, 0.3) is 10.4 Å². The van der Waals surface area contributed by atoms with Crippen molar-refractivity contribution in [2.45, 2.75) is 65.1 Å². The smallest absolute Gasteiger partial charge is 0.254 e. The molecule has 4 rings (SSSR count). The van der Waals surface area contributed by atoms with Gasteiger partial charge in [-0.2, -0.15) is 0 Å². The number of benzene rings is 1. The third-order valence-electron chi connectivity index (χ3n) is 7.29. The quantitative estimate of drug-likeness (QED) is 0.276. The van der Waals surface area contributed by atoms with E-state index in [9.17, 15) is 14.7 Å². The summed E-state index contributed by atoms with van der Waals surface area (Å²) in [6.45, 7) is 11.6. The lowest BCUT2D eigenvalue weighted by molar-refractivity contribution is -0.141. The zero-order valence-electron chi connectivity index (χ0n) is 24.8. The van der Waals surface area contributed by atoms with Gasteiger partial charge in [-0.05, 0) is 43.5 Å². The number of aromatic nitrogens is 2. The van der Waals surface area contributed by atoms with Gasteiger partial charge >= 0.3 is 0 Å². The predicted octanol–water partition coefficient (Wildman–Crippen LogP) is 4.27. The number of carbonyl (C=O) groups is 2. The van der Waals surface area contributed by atoms with Gasteiger partial charge in [0.15, 0.2) is 5.76 Å². The Kier molecular flexibility index (Phi) is 10.6. The third-order valence-corrected chi connectivity index (χ3v) is 8.27. The fraction of sp³-hybridized carbons (Fsp3) is 0.500. The largest absolute Gasteiger partial charge is 0.496 e. The second-order valence-corrected chi connectivity index (χ2v) is 11.4. The summed E-state index contributed by atoms with van der Waals surface area (Å²) in [4.78, 5) is 34.2. The van der Waals surface area contributed by atoms with Gasteiger partial charge in [0.1, 0.15) is 24.3 Å². The Morgan fingerprint density at radius 3 is 2.71 bits per heavy atom. The highest BCUT2D eigenvalue weighted by atomic mass is 32.1. The molecular weight excluding hydrogens is 560 g/mol. The van der Waals surface area contributed by atoms with Crippen LogP contribution in [0.15, 0.2) is 34.3 Å². The van der Waals surface area contributed by atoms with Gasteiger partial charge in [0, 0.05) is 24.6 Å². The Labute approximate surface area is 250 Å². The van der Waals surface area contributed by atoms with Crippen molar-refractivity contribution < 1.29 is 33.4 Å². The molecule has 12 heteroatoms. The minimum atomic E-state index is -0.845. The number of methoxy groups -OCH3 is 1. The lowest BCUT2D eigenvalue weighted by Gasteiger charge is -2.29. The third kappa shape index (κ3) is 7.11. The summed E-state index contributed by atoms with van der Waals surface area (Å²) in [7, 11) is 1.59. The number of hydrogen-bond donors (Lipinski definition) is 2. The molecular formula is C30H39N4O7S. The first-order valence-electron chi connectivity index (χ1n) is 14.0. The van der Waals surface area contributed by atoms with E-state index in [0.717, 1.165) is 21.7 Å². The Balaban J connectivity index is 1.48. The van der Waals surface area contributed by atoms with E-state index in [-0.39, 0.29) is 43.2 Å². The molecule has 0 bridgehead atoms. The number of aliphatic hydroxyl groups is 1. The van der Waals surface area contributed by atoms with Gasteiger partial charge in [-0.1, -0.05) is 26.0 Å². The summed E-state index contributed by atoms with van der Waals surface area (Å²) in [5.41, 5.74) is 4.52. The molecule has 1 saturated heterocycles. The number of ether oxygens (including phenoxy) is 3. The molecule has 1 radical (unpaired) electrons. The maximum absolute atomic E-state index is 13.8. The normalized spacial score (nSPS) is 18.2. The summed E-state index contributed by atoms with van der Waals surface area (Å²) >= 11 is 1.55. The van der Waals surface area contributed by atoms with Crippen molar-refractivity contribution in [1.29, 1.82) is 0 Å². The average Bonchev–Trinajstić information content (AvgIpc) is 3.70. The number of β-amino-alcohol motifs (C(OH)–C–C–N with tert-alkyl or cyclic N) is 1. The highest BCUT2D eigenvalue weighted by Gasteiger charge is 2.43. The van der Waals surface area contributed by atoms with Crippen molar-refractivity contribution in [3.8, 4) is 22.1 Å². The molecule has 1 aromatic carbocycles. The first-order chi connectivity index (χ1) is 20.1. The van der Waals surface area contributed by atoms with Gasteiger partial charge in [0.05, 0.1) is 48.6 Å². The molecule has 0 saturated carbocycles. The number of hydrogen-bond acceptors (Lipinski definition) is 10. The van der Waals surface area contributed by atoms with Crippen molar-refractivity contribution >= 4 is 23.2 Å². The molecule has 42 heavy (non-hydrogen) atoms. The van der Waals surface area contributed by atoms with Crippen molar-refractivity contribution in [2.24, 2.45) is 5.92 Å². The number of carbonyl (C=O) groups excluding carboxylic acids is 2. The zero-order chi connectivity index (χ0) is 30.4. The van der Waals surface area contributed by atoms with Crippen LogP contribution in [0.3, 0.4) is 0 Å². The Hall–Kier alpha value is -3.48. The van der Waals surface area contributed by atoms with Crippen molar-refractivity contribution in [1.82, 2.24) is 20.4 Å². The standard InChI is InChI=1S/C30H39N4O7S/c1-7-39-10-11-40-26-14-25(41-33-26)27(17(2)3)30(37)34-15-21(35)13-23(34)29(36)32-18(4)22-9-8-20(12-24(22)38-6)28-19(5)31-16-42-28/h7-9,12,14,16-18,21,23,27,35H,10-11,13,15H2,1-6H3,(H,32,36)/t18-,21+,23-,27?/m0/s1. The average molecular weight is 600 g/mol. The van der Waals surface area contributed by atoms with Gasteiger partial charge in [-0.15, -0.1) is 11.3 Å². The molecule has 2 N–H and O–H groups in total. The molecule has 11 nitrogen and oxygen atoms in total. The fourth-order valence-corrected chi connectivity index (χ4v) is 6.00. The molecule has 3 heterocycles. The highest BCUT2D eigenvalue weighted by molar-refractivity contribution is 7.13. The molecule has 1 aliphatic heterocycles. The zero-order valence-corrected chi connectivity index (χ0v) is 25.6. The van der Waals surface area contributed by atoms with Gasteiger partial charge in [0.25, 0.3) is 5.88 Å². The van der Waals surface area contributed by atoms with Crippen molar-refractivity contribution in [3.05, 3.63) is 53.4 Å². The molecule has 227 valence electrons. The lowest BCUT2D eigenvalue weighted by atomic mass is 9.91. The van der Waals surface area contributed by atoms with Gasteiger partial charge in [0.2, 0.25) is 11.8 Å². The summed E-state index contributed by atoms with van der Waals surface area (Å²) < 4.78 is 21.9. The summed E-state index contributed by atoms with van der Waals surface area (Å²) in [6, 6.07) is 6.17. The molecule has 2 amide bonds. The van der Waals surface area contributed by atoms with Crippen molar-refractivity contribution in [3.63, 3.8) is 0 Å². The molecule has 4 atom stereocenters. The summed E-state index contributed by atoms with van der Waals surface area (Å²) in [5.74, 6) is -0.328. The first-order valence-corrected chi connectivity index (χ1v) is 14.9. The van der Waals surface area contributed by atoms with E-state index in [4.69, 9.17) is 18.7 Å². The van der Waals surface area contributed by atoms with E-state index in [2.05, 4.69) is 15.5 Å². The van der Waals surface area contributed by atoms with Crippen LogP contribution in [-0.4, -0.2) is 71.0 Å². The van der Waals surface area contributed by atoms with Crippen LogP contribution in [0, 0.1) is 19.4 Å². The molecule has 3 aromatic rings. The van der Waals surface area contributed by atoms with Crippen LogP contribution in [0.5, 0.6) is 11.6 Å². The van der Waals surface area contributed by atoms with Crippen LogP contribution < -0.4 is 14.8 Å². The minimum absolute atomic E-state index is 0.0447. The number of likely N-dealkylation sites (tertiary alicyclic amines) is 1. The maximum atomic E-state index is 13.8. The number of aliphatic hydroxyl groups excluding tert-OH is 1. The van der Waals surface area contributed by atoms with Gasteiger partial charge < -0.3 is 34.1 Å². The van der Waals surface area contributed by atoms with E-state index in [0.29, 0.717) is 18.1 Å². The Bertz CT molecular complexity index is 1360. The molecule has 0 spiro atoms.